The van der Waals surface area contributed by atoms with Gasteiger partial charge in [-0.3, -0.25) is 9.69 Å². The van der Waals surface area contributed by atoms with E-state index in [1.54, 1.807) is 0 Å². The Morgan fingerprint density at radius 3 is 2.00 bits per heavy atom. The Kier molecular flexibility index (Phi) is 7.42. The van der Waals surface area contributed by atoms with E-state index in [1.807, 2.05) is 31.2 Å². The highest BCUT2D eigenvalue weighted by atomic mass is 16.1. The number of hydrogen-bond donors (Lipinski definition) is 0. The first-order chi connectivity index (χ1) is 9.17. The van der Waals surface area contributed by atoms with E-state index in [9.17, 15) is 4.79 Å². The van der Waals surface area contributed by atoms with Gasteiger partial charge in [0.2, 0.25) is 0 Å². The minimum atomic E-state index is 0.243. The third-order valence-corrected chi connectivity index (χ3v) is 3.40. The van der Waals surface area contributed by atoms with Crippen LogP contribution in [0.2, 0.25) is 0 Å². The number of aryl methyl sites for hydroxylation is 1. The van der Waals surface area contributed by atoms with Gasteiger partial charge in [-0.2, -0.15) is 0 Å². The van der Waals surface area contributed by atoms with Gasteiger partial charge >= 0.3 is 0 Å². The first kappa shape index (κ1) is 15.9. The summed E-state index contributed by atoms with van der Waals surface area (Å²) < 4.78 is 0. The van der Waals surface area contributed by atoms with Crippen molar-refractivity contribution in [2.24, 2.45) is 0 Å². The molecule has 0 atom stereocenters. The number of nitrogens with zero attached hydrogens (tertiary/aromatic N) is 1. The van der Waals surface area contributed by atoms with Crippen LogP contribution in [-0.4, -0.2) is 30.3 Å². The minimum absolute atomic E-state index is 0.243. The summed E-state index contributed by atoms with van der Waals surface area (Å²) in [7, 11) is 0. The SMILES string of the molecule is CCCCN(CCCC)CC(=O)c1ccc(C)cc1. The zero-order valence-corrected chi connectivity index (χ0v) is 12.6. The van der Waals surface area contributed by atoms with Crippen LogP contribution in [-0.2, 0) is 0 Å². The maximum atomic E-state index is 12.3. The van der Waals surface area contributed by atoms with Crippen LogP contribution in [0.4, 0.5) is 0 Å². The predicted molar refractivity (Wildman–Crippen MR) is 81.8 cm³/mol. The van der Waals surface area contributed by atoms with Gasteiger partial charge in [0.15, 0.2) is 5.78 Å². The lowest BCUT2D eigenvalue weighted by molar-refractivity contribution is 0.0928. The van der Waals surface area contributed by atoms with Gasteiger partial charge in [-0.1, -0.05) is 56.5 Å². The average molecular weight is 261 g/mol. The van der Waals surface area contributed by atoms with Crippen LogP contribution < -0.4 is 0 Å². The zero-order valence-electron chi connectivity index (χ0n) is 12.6. The molecule has 0 aromatic heterocycles. The molecular formula is C17H27NO. The topological polar surface area (TPSA) is 20.3 Å². The Morgan fingerprint density at radius 2 is 1.53 bits per heavy atom. The van der Waals surface area contributed by atoms with E-state index in [2.05, 4.69) is 18.7 Å². The Hall–Kier alpha value is -1.15. The molecule has 0 aliphatic carbocycles. The van der Waals surface area contributed by atoms with Crippen LogP contribution in [0.3, 0.4) is 0 Å². The molecule has 0 radical (unpaired) electrons. The molecule has 1 aromatic carbocycles. The van der Waals surface area contributed by atoms with Crippen LogP contribution in [0.1, 0.15) is 55.5 Å². The number of benzene rings is 1. The van der Waals surface area contributed by atoms with Crippen molar-refractivity contribution >= 4 is 5.78 Å². The van der Waals surface area contributed by atoms with Gasteiger partial charge in [-0.15, -0.1) is 0 Å². The number of hydrogen-bond acceptors (Lipinski definition) is 2. The number of unbranched alkanes of at least 4 members (excludes halogenated alkanes) is 2. The lowest BCUT2D eigenvalue weighted by atomic mass is 10.1. The molecule has 0 heterocycles. The Bertz CT molecular complexity index is 361. The first-order valence-electron chi connectivity index (χ1n) is 7.49. The number of rotatable bonds is 9. The van der Waals surface area contributed by atoms with E-state index in [1.165, 1.54) is 31.2 Å². The van der Waals surface area contributed by atoms with Gasteiger partial charge in [-0.25, -0.2) is 0 Å². The second-order valence-electron chi connectivity index (χ2n) is 5.27. The molecule has 0 bridgehead atoms. The number of ketones is 1. The molecule has 1 aromatic rings. The summed E-state index contributed by atoms with van der Waals surface area (Å²) in [4.78, 5) is 14.6. The first-order valence-corrected chi connectivity index (χ1v) is 7.49. The van der Waals surface area contributed by atoms with Gasteiger partial charge in [0, 0.05) is 5.56 Å². The molecule has 2 heteroatoms. The smallest absolute Gasteiger partial charge is 0.176 e. The fourth-order valence-electron chi connectivity index (χ4n) is 2.07. The van der Waals surface area contributed by atoms with Gasteiger partial charge in [-0.05, 0) is 32.9 Å². The van der Waals surface area contributed by atoms with Crippen molar-refractivity contribution in [1.82, 2.24) is 4.90 Å². The summed E-state index contributed by atoms with van der Waals surface area (Å²) in [5.41, 5.74) is 2.04. The maximum Gasteiger partial charge on any atom is 0.176 e. The molecular weight excluding hydrogens is 234 g/mol. The van der Waals surface area contributed by atoms with Crippen molar-refractivity contribution < 1.29 is 4.79 Å². The molecule has 0 N–H and O–H groups in total. The lowest BCUT2D eigenvalue weighted by Crippen LogP contribution is -2.31. The lowest BCUT2D eigenvalue weighted by Gasteiger charge is -2.21. The summed E-state index contributed by atoms with van der Waals surface area (Å²) in [6, 6.07) is 7.90. The summed E-state index contributed by atoms with van der Waals surface area (Å²) in [5.74, 6) is 0.243. The second-order valence-corrected chi connectivity index (χ2v) is 5.27. The molecule has 19 heavy (non-hydrogen) atoms. The molecule has 1 rings (SSSR count). The van der Waals surface area contributed by atoms with E-state index < -0.39 is 0 Å². The highest BCUT2D eigenvalue weighted by Crippen LogP contribution is 2.07. The van der Waals surface area contributed by atoms with Gasteiger partial charge in [0.1, 0.15) is 0 Å². The molecule has 0 unspecified atom stereocenters. The summed E-state index contributed by atoms with van der Waals surface area (Å²) in [6.45, 7) is 9.06. The van der Waals surface area contributed by atoms with E-state index >= 15 is 0 Å². The van der Waals surface area contributed by atoms with Crippen molar-refractivity contribution in [3.05, 3.63) is 35.4 Å². The molecule has 0 aliphatic heterocycles. The standard InChI is InChI=1S/C17H27NO/c1-4-6-12-18(13-7-5-2)14-17(19)16-10-8-15(3)9-11-16/h8-11H,4-7,12-14H2,1-3H3. The highest BCUT2D eigenvalue weighted by Gasteiger charge is 2.11. The summed E-state index contributed by atoms with van der Waals surface area (Å²) in [5, 5.41) is 0. The van der Waals surface area contributed by atoms with E-state index in [4.69, 9.17) is 0 Å². The Labute approximate surface area is 117 Å². The Balaban J connectivity index is 2.56. The minimum Gasteiger partial charge on any atom is -0.296 e. The van der Waals surface area contributed by atoms with Crippen molar-refractivity contribution in [3.63, 3.8) is 0 Å². The van der Waals surface area contributed by atoms with E-state index in [0.29, 0.717) is 6.54 Å². The zero-order chi connectivity index (χ0) is 14.1. The summed E-state index contributed by atoms with van der Waals surface area (Å²) in [6.07, 6.45) is 4.71. The highest BCUT2D eigenvalue weighted by molar-refractivity contribution is 5.97. The van der Waals surface area contributed by atoms with Crippen LogP contribution in [0.5, 0.6) is 0 Å². The Morgan fingerprint density at radius 1 is 1.00 bits per heavy atom. The van der Waals surface area contributed by atoms with Crippen LogP contribution in [0.25, 0.3) is 0 Å². The molecule has 0 amide bonds. The average Bonchev–Trinajstić information content (AvgIpc) is 2.42. The van der Waals surface area contributed by atoms with Gasteiger partial charge < -0.3 is 0 Å². The van der Waals surface area contributed by atoms with Crippen LogP contribution in [0, 0.1) is 6.92 Å². The normalized spacial score (nSPS) is 10.9. The molecule has 0 aliphatic rings. The molecule has 0 saturated carbocycles. The van der Waals surface area contributed by atoms with Crippen molar-refractivity contribution in [2.75, 3.05) is 19.6 Å². The van der Waals surface area contributed by atoms with E-state index in [-0.39, 0.29) is 5.78 Å². The van der Waals surface area contributed by atoms with Crippen molar-refractivity contribution in [3.8, 4) is 0 Å². The number of carbonyl (C=O) groups is 1. The monoisotopic (exact) mass is 261 g/mol. The summed E-state index contributed by atoms with van der Waals surface area (Å²) >= 11 is 0. The number of carbonyl (C=O) groups excluding carboxylic acids is 1. The van der Waals surface area contributed by atoms with Crippen LogP contribution >= 0.6 is 0 Å². The molecule has 0 saturated heterocycles. The largest absolute Gasteiger partial charge is 0.296 e. The molecule has 106 valence electrons. The van der Waals surface area contributed by atoms with Gasteiger partial charge in [0.25, 0.3) is 0 Å². The fraction of sp³-hybridized carbons (Fsp3) is 0.588. The predicted octanol–water partition coefficient (Wildman–Crippen LogP) is 4.08. The third kappa shape index (κ3) is 6.02. The third-order valence-electron chi connectivity index (χ3n) is 3.40. The quantitative estimate of drug-likeness (QED) is 0.624. The van der Waals surface area contributed by atoms with Crippen molar-refractivity contribution in [2.45, 2.75) is 46.5 Å². The molecule has 2 nitrogen and oxygen atoms in total. The maximum absolute atomic E-state index is 12.3. The second kappa shape index (κ2) is 8.87. The fourth-order valence-corrected chi connectivity index (χ4v) is 2.07. The van der Waals surface area contributed by atoms with E-state index in [0.717, 1.165) is 18.7 Å². The van der Waals surface area contributed by atoms with Crippen LogP contribution in [0.15, 0.2) is 24.3 Å². The molecule has 0 spiro atoms. The molecule has 0 fully saturated rings. The van der Waals surface area contributed by atoms with Gasteiger partial charge in [0.05, 0.1) is 6.54 Å². The van der Waals surface area contributed by atoms with Crippen molar-refractivity contribution in [1.29, 1.82) is 0 Å². The number of Topliss-reactive ketones (excluding diaryl/α,β-unsaturated/α-hetero) is 1.